The number of fused-ring (bicyclic) bond motifs is 1. The van der Waals surface area contributed by atoms with Crippen molar-refractivity contribution in [2.75, 3.05) is 12.4 Å². The van der Waals surface area contributed by atoms with Crippen LogP contribution in [0.5, 0.6) is 5.75 Å². The Morgan fingerprint density at radius 1 is 1.27 bits per heavy atom. The zero-order valence-electron chi connectivity index (χ0n) is 12.7. The summed E-state index contributed by atoms with van der Waals surface area (Å²) in [5.74, 6) is 2.63. The van der Waals surface area contributed by atoms with E-state index in [1.165, 1.54) is 0 Å². The minimum absolute atomic E-state index is 0.621. The second-order valence-electron chi connectivity index (χ2n) is 4.93. The Morgan fingerprint density at radius 2 is 2.18 bits per heavy atom. The molecule has 0 saturated heterocycles. The highest BCUT2D eigenvalue weighted by Crippen LogP contribution is 2.26. The van der Waals surface area contributed by atoms with Gasteiger partial charge in [-0.15, -0.1) is 0 Å². The van der Waals surface area contributed by atoms with Gasteiger partial charge in [-0.25, -0.2) is 4.98 Å². The fourth-order valence-electron chi connectivity index (χ4n) is 2.13. The molecular weight excluding hydrogens is 300 g/mol. The lowest BCUT2D eigenvalue weighted by Crippen LogP contribution is -1.98. The molecule has 0 spiro atoms. The standard InChI is InChI=1S/C16H18N2O3S/c1-3-22-16-17-14-7-6-12(10-15(14)20-16)19-8-4-5-13-9-11(2)18-21-13/h6-7,9-10H,3-5,8H2,1-2H3. The van der Waals surface area contributed by atoms with Crippen LogP contribution in [0.1, 0.15) is 24.8 Å². The van der Waals surface area contributed by atoms with E-state index >= 15 is 0 Å². The SMILES string of the molecule is CCSc1nc2ccc(OCCCc3cc(C)no3)cc2o1. The molecule has 0 bridgehead atoms. The van der Waals surface area contributed by atoms with Gasteiger partial charge < -0.3 is 13.7 Å². The molecule has 0 aliphatic heterocycles. The first-order valence-electron chi connectivity index (χ1n) is 7.33. The van der Waals surface area contributed by atoms with E-state index in [9.17, 15) is 0 Å². The zero-order chi connectivity index (χ0) is 15.4. The van der Waals surface area contributed by atoms with Crippen molar-refractivity contribution in [2.45, 2.75) is 31.9 Å². The maximum Gasteiger partial charge on any atom is 0.256 e. The lowest BCUT2D eigenvalue weighted by molar-refractivity contribution is 0.299. The van der Waals surface area contributed by atoms with E-state index in [0.717, 1.165) is 46.9 Å². The maximum absolute atomic E-state index is 5.76. The predicted octanol–water partition coefficient (Wildman–Crippen LogP) is 4.25. The molecule has 0 N–H and O–H groups in total. The number of thioether (sulfide) groups is 1. The van der Waals surface area contributed by atoms with Gasteiger partial charge in [0.05, 0.1) is 12.3 Å². The first-order chi connectivity index (χ1) is 10.7. The van der Waals surface area contributed by atoms with E-state index in [0.29, 0.717) is 11.8 Å². The molecule has 0 fully saturated rings. The van der Waals surface area contributed by atoms with Gasteiger partial charge in [0.15, 0.2) is 5.58 Å². The van der Waals surface area contributed by atoms with Crippen molar-refractivity contribution in [1.82, 2.24) is 10.1 Å². The maximum atomic E-state index is 5.76. The van der Waals surface area contributed by atoms with Crippen LogP contribution in [0.4, 0.5) is 0 Å². The summed E-state index contributed by atoms with van der Waals surface area (Å²) in [6.07, 6.45) is 1.70. The third-order valence-electron chi connectivity index (χ3n) is 3.12. The molecule has 0 aliphatic rings. The van der Waals surface area contributed by atoms with Crippen LogP contribution in [0.25, 0.3) is 11.1 Å². The van der Waals surface area contributed by atoms with Crippen molar-refractivity contribution in [3.63, 3.8) is 0 Å². The number of ether oxygens (including phenoxy) is 1. The normalized spacial score (nSPS) is 11.2. The topological polar surface area (TPSA) is 61.3 Å². The molecule has 3 aromatic rings. The van der Waals surface area contributed by atoms with Crippen molar-refractivity contribution < 1.29 is 13.7 Å². The van der Waals surface area contributed by atoms with Crippen LogP contribution < -0.4 is 4.74 Å². The molecular formula is C16H18N2O3S. The van der Waals surface area contributed by atoms with Crippen molar-refractivity contribution in [1.29, 1.82) is 0 Å². The fraction of sp³-hybridized carbons (Fsp3) is 0.375. The summed E-state index contributed by atoms with van der Waals surface area (Å²) in [5.41, 5.74) is 2.53. The van der Waals surface area contributed by atoms with Gasteiger partial charge in [-0.05, 0) is 31.2 Å². The van der Waals surface area contributed by atoms with Gasteiger partial charge in [0, 0.05) is 18.6 Å². The summed E-state index contributed by atoms with van der Waals surface area (Å²) in [7, 11) is 0. The van der Waals surface area contributed by atoms with Gasteiger partial charge in [0.1, 0.15) is 17.0 Å². The Labute approximate surface area is 133 Å². The summed E-state index contributed by atoms with van der Waals surface area (Å²) < 4.78 is 16.6. The van der Waals surface area contributed by atoms with E-state index in [1.54, 1.807) is 11.8 Å². The van der Waals surface area contributed by atoms with Crippen LogP contribution in [0.15, 0.2) is 38.4 Å². The lowest BCUT2D eigenvalue weighted by atomic mass is 10.2. The Morgan fingerprint density at radius 3 is 2.95 bits per heavy atom. The first kappa shape index (κ1) is 15.0. The molecule has 6 heteroatoms. The average molecular weight is 318 g/mol. The van der Waals surface area contributed by atoms with Crippen LogP contribution in [-0.4, -0.2) is 22.5 Å². The number of nitrogens with zero attached hydrogens (tertiary/aromatic N) is 2. The quantitative estimate of drug-likeness (QED) is 0.479. The van der Waals surface area contributed by atoms with Crippen LogP contribution in [0.3, 0.4) is 0 Å². The largest absolute Gasteiger partial charge is 0.493 e. The Hall–Kier alpha value is -1.95. The minimum Gasteiger partial charge on any atom is -0.493 e. The predicted molar refractivity (Wildman–Crippen MR) is 85.5 cm³/mol. The monoisotopic (exact) mass is 318 g/mol. The Balaban J connectivity index is 1.54. The van der Waals surface area contributed by atoms with E-state index in [2.05, 4.69) is 17.1 Å². The highest BCUT2D eigenvalue weighted by molar-refractivity contribution is 7.99. The highest BCUT2D eigenvalue weighted by Gasteiger charge is 2.07. The van der Waals surface area contributed by atoms with Gasteiger partial charge in [-0.2, -0.15) is 0 Å². The molecule has 0 radical (unpaired) electrons. The van der Waals surface area contributed by atoms with E-state index in [1.807, 2.05) is 31.2 Å². The number of hydrogen-bond acceptors (Lipinski definition) is 6. The molecule has 0 aliphatic carbocycles. The number of hydrogen-bond donors (Lipinski definition) is 0. The van der Waals surface area contributed by atoms with E-state index in [4.69, 9.17) is 13.7 Å². The van der Waals surface area contributed by atoms with Gasteiger partial charge in [-0.3, -0.25) is 0 Å². The van der Waals surface area contributed by atoms with Crippen LogP contribution in [0, 0.1) is 6.92 Å². The second-order valence-corrected chi connectivity index (χ2v) is 6.14. The van der Waals surface area contributed by atoms with Crippen LogP contribution >= 0.6 is 11.8 Å². The second kappa shape index (κ2) is 6.87. The lowest BCUT2D eigenvalue weighted by Gasteiger charge is -2.04. The third kappa shape index (κ3) is 3.62. The Kier molecular flexibility index (Phi) is 4.68. The van der Waals surface area contributed by atoms with Gasteiger partial charge in [0.25, 0.3) is 5.22 Å². The van der Waals surface area contributed by atoms with Crippen molar-refractivity contribution in [3.05, 3.63) is 35.7 Å². The van der Waals surface area contributed by atoms with Gasteiger partial charge in [0.2, 0.25) is 0 Å². The molecule has 116 valence electrons. The molecule has 0 amide bonds. The zero-order valence-corrected chi connectivity index (χ0v) is 13.5. The number of aryl methyl sites for hydroxylation is 2. The number of aromatic nitrogens is 2. The molecule has 1 aromatic carbocycles. The van der Waals surface area contributed by atoms with Gasteiger partial charge in [-0.1, -0.05) is 23.8 Å². The first-order valence-corrected chi connectivity index (χ1v) is 8.31. The molecule has 2 heterocycles. The minimum atomic E-state index is 0.621. The summed E-state index contributed by atoms with van der Waals surface area (Å²) in [5, 5.41) is 4.57. The van der Waals surface area contributed by atoms with Gasteiger partial charge >= 0.3 is 0 Å². The van der Waals surface area contributed by atoms with E-state index < -0.39 is 0 Å². The number of rotatable bonds is 7. The molecule has 0 saturated carbocycles. The van der Waals surface area contributed by atoms with Crippen LogP contribution in [-0.2, 0) is 6.42 Å². The smallest absolute Gasteiger partial charge is 0.256 e. The number of benzene rings is 1. The van der Waals surface area contributed by atoms with Crippen molar-refractivity contribution in [2.24, 2.45) is 0 Å². The fourth-order valence-corrected chi connectivity index (χ4v) is 2.69. The summed E-state index contributed by atoms with van der Waals surface area (Å²) >= 11 is 1.59. The number of oxazole rings is 1. The van der Waals surface area contributed by atoms with Crippen molar-refractivity contribution >= 4 is 22.9 Å². The molecule has 22 heavy (non-hydrogen) atoms. The summed E-state index contributed by atoms with van der Waals surface area (Å²) in [4.78, 5) is 4.40. The summed E-state index contributed by atoms with van der Waals surface area (Å²) in [6.45, 7) is 4.61. The molecule has 0 atom stereocenters. The Bertz CT molecular complexity index is 751. The highest BCUT2D eigenvalue weighted by atomic mass is 32.2. The van der Waals surface area contributed by atoms with E-state index in [-0.39, 0.29) is 0 Å². The molecule has 0 unspecified atom stereocenters. The van der Waals surface area contributed by atoms with Crippen molar-refractivity contribution in [3.8, 4) is 5.75 Å². The average Bonchev–Trinajstić information content (AvgIpc) is 3.09. The third-order valence-corrected chi connectivity index (χ3v) is 3.83. The molecule has 5 nitrogen and oxygen atoms in total. The molecule has 3 rings (SSSR count). The molecule has 2 aromatic heterocycles. The van der Waals surface area contributed by atoms with Crippen LogP contribution in [0.2, 0.25) is 0 Å². The summed E-state index contributed by atoms with van der Waals surface area (Å²) in [6, 6.07) is 7.69.